The lowest BCUT2D eigenvalue weighted by Crippen LogP contribution is -2.46. The van der Waals surface area contributed by atoms with Crippen LogP contribution in [0.4, 0.5) is 0 Å². The van der Waals surface area contributed by atoms with Crippen molar-refractivity contribution in [2.75, 3.05) is 40.0 Å². The molecule has 2 N–H and O–H groups in total. The van der Waals surface area contributed by atoms with Gasteiger partial charge in [0.2, 0.25) is 0 Å². The molecule has 6 heteroatoms. The summed E-state index contributed by atoms with van der Waals surface area (Å²) in [5, 5.41) is 7.02. The Morgan fingerprint density at radius 2 is 2.11 bits per heavy atom. The van der Waals surface area contributed by atoms with E-state index in [-0.39, 0.29) is 0 Å². The van der Waals surface area contributed by atoms with Crippen LogP contribution in [0.1, 0.15) is 39.7 Å². The molecule has 1 heterocycles. The first kappa shape index (κ1) is 22.5. The average molecular weight is 391 g/mol. The molecule has 1 saturated heterocycles. The van der Waals surface area contributed by atoms with Gasteiger partial charge < -0.3 is 20.1 Å². The molecular formula is C22H38N4O2. The van der Waals surface area contributed by atoms with E-state index in [1.165, 1.54) is 0 Å². The highest BCUT2D eigenvalue weighted by atomic mass is 16.5. The number of ether oxygens (including phenoxy) is 2. The van der Waals surface area contributed by atoms with E-state index < -0.39 is 0 Å². The van der Waals surface area contributed by atoms with Crippen molar-refractivity contribution in [3.05, 3.63) is 29.8 Å². The molecule has 28 heavy (non-hydrogen) atoms. The zero-order chi connectivity index (χ0) is 20.4. The van der Waals surface area contributed by atoms with Crippen molar-refractivity contribution >= 4 is 5.96 Å². The Morgan fingerprint density at radius 1 is 1.29 bits per heavy atom. The van der Waals surface area contributed by atoms with Crippen molar-refractivity contribution in [1.82, 2.24) is 15.5 Å². The molecule has 1 aromatic rings. The molecule has 0 bridgehead atoms. The summed E-state index contributed by atoms with van der Waals surface area (Å²) >= 11 is 0. The van der Waals surface area contributed by atoms with Gasteiger partial charge in [-0.1, -0.05) is 19.1 Å². The number of benzene rings is 1. The van der Waals surface area contributed by atoms with Crippen LogP contribution in [0.5, 0.6) is 5.75 Å². The van der Waals surface area contributed by atoms with E-state index in [0.29, 0.717) is 31.2 Å². The van der Waals surface area contributed by atoms with Crippen LogP contribution in [-0.2, 0) is 11.3 Å². The lowest BCUT2D eigenvalue weighted by Gasteiger charge is -2.22. The van der Waals surface area contributed by atoms with Crippen molar-refractivity contribution in [2.45, 2.75) is 52.7 Å². The Bertz CT molecular complexity index is 606. The zero-order valence-corrected chi connectivity index (χ0v) is 18.2. The van der Waals surface area contributed by atoms with Gasteiger partial charge in [0.05, 0.1) is 13.2 Å². The van der Waals surface area contributed by atoms with E-state index in [0.717, 1.165) is 49.9 Å². The van der Waals surface area contributed by atoms with E-state index >= 15 is 0 Å². The number of hydrogen-bond acceptors (Lipinski definition) is 4. The Hall–Kier alpha value is -1.79. The molecule has 2 rings (SSSR count). The van der Waals surface area contributed by atoms with Crippen LogP contribution >= 0.6 is 0 Å². The molecular weight excluding hydrogens is 352 g/mol. The molecule has 6 nitrogen and oxygen atoms in total. The highest BCUT2D eigenvalue weighted by molar-refractivity contribution is 5.80. The average Bonchev–Trinajstić information content (AvgIpc) is 3.05. The minimum Gasteiger partial charge on any atom is -0.493 e. The molecule has 0 amide bonds. The number of likely N-dealkylation sites (tertiary alicyclic amines) is 1. The molecule has 0 aliphatic carbocycles. The lowest BCUT2D eigenvalue weighted by atomic mass is 10.1. The second-order valence-electron chi connectivity index (χ2n) is 7.81. The molecule has 1 aliphatic heterocycles. The molecule has 2 unspecified atom stereocenters. The van der Waals surface area contributed by atoms with Crippen LogP contribution in [-0.4, -0.2) is 62.9 Å². The summed E-state index contributed by atoms with van der Waals surface area (Å²) in [6.07, 6.45) is 0.889. The summed E-state index contributed by atoms with van der Waals surface area (Å²) in [7, 11) is 1.71. The molecule has 0 radical (unpaired) electrons. The first-order valence-electron chi connectivity index (χ1n) is 10.5. The van der Waals surface area contributed by atoms with Crippen LogP contribution < -0.4 is 15.4 Å². The van der Waals surface area contributed by atoms with Crippen molar-refractivity contribution < 1.29 is 9.47 Å². The third-order valence-corrected chi connectivity index (χ3v) is 5.12. The molecule has 1 fully saturated rings. The van der Waals surface area contributed by atoms with Crippen molar-refractivity contribution in [1.29, 1.82) is 0 Å². The first-order valence-corrected chi connectivity index (χ1v) is 10.5. The van der Waals surface area contributed by atoms with Crippen molar-refractivity contribution in [3.8, 4) is 5.75 Å². The predicted molar refractivity (Wildman–Crippen MR) is 116 cm³/mol. The van der Waals surface area contributed by atoms with Gasteiger partial charge in [0.1, 0.15) is 5.75 Å². The number of guanidine groups is 1. The number of nitrogens with zero attached hydrogens (tertiary/aromatic N) is 2. The highest BCUT2D eigenvalue weighted by Gasteiger charge is 2.31. The van der Waals surface area contributed by atoms with Gasteiger partial charge in [-0.05, 0) is 44.4 Å². The third kappa shape index (κ3) is 7.32. The number of hydrogen-bond donors (Lipinski definition) is 2. The van der Waals surface area contributed by atoms with E-state index in [2.05, 4.69) is 55.4 Å². The van der Waals surface area contributed by atoms with Gasteiger partial charge in [0.25, 0.3) is 0 Å². The number of methoxy groups -OCH3 is 1. The smallest absolute Gasteiger partial charge is 0.191 e. The lowest BCUT2D eigenvalue weighted by molar-refractivity contribution is 0.172. The number of nitrogens with one attached hydrogen (secondary N) is 2. The summed E-state index contributed by atoms with van der Waals surface area (Å²) < 4.78 is 10.9. The predicted octanol–water partition coefficient (Wildman–Crippen LogP) is 2.89. The maximum atomic E-state index is 5.79. The fraction of sp³-hybridized carbons (Fsp3) is 0.682. The maximum Gasteiger partial charge on any atom is 0.191 e. The SMILES string of the molecule is CCNC(=NCc1cccc(OCCCOC)c1)NC1CN(C(C)C)CC1C. The van der Waals surface area contributed by atoms with E-state index in [4.69, 9.17) is 14.5 Å². The van der Waals surface area contributed by atoms with Crippen LogP contribution in [0.15, 0.2) is 29.3 Å². The quantitative estimate of drug-likeness (QED) is 0.365. The van der Waals surface area contributed by atoms with Gasteiger partial charge >= 0.3 is 0 Å². The second-order valence-corrected chi connectivity index (χ2v) is 7.81. The Balaban J connectivity index is 1.93. The first-order chi connectivity index (χ1) is 13.5. The Morgan fingerprint density at radius 3 is 2.79 bits per heavy atom. The summed E-state index contributed by atoms with van der Waals surface area (Å²) in [6.45, 7) is 14.0. The topological polar surface area (TPSA) is 58.1 Å². The fourth-order valence-electron chi connectivity index (χ4n) is 3.41. The minimum absolute atomic E-state index is 0.427. The maximum absolute atomic E-state index is 5.79. The van der Waals surface area contributed by atoms with Gasteiger partial charge in [-0.2, -0.15) is 0 Å². The molecule has 2 atom stereocenters. The van der Waals surface area contributed by atoms with Crippen LogP contribution in [0.25, 0.3) is 0 Å². The molecule has 1 aliphatic rings. The number of rotatable bonds is 10. The fourth-order valence-corrected chi connectivity index (χ4v) is 3.41. The minimum atomic E-state index is 0.427. The van der Waals surface area contributed by atoms with E-state index in [9.17, 15) is 0 Å². The Labute approximate surface area is 170 Å². The molecule has 0 aromatic heterocycles. The zero-order valence-electron chi connectivity index (χ0n) is 18.2. The van der Waals surface area contributed by atoms with Gasteiger partial charge in [0, 0.05) is 51.9 Å². The van der Waals surface area contributed by atoms with Crippen LogP contribution in [0.3, 0.4) is 0 Å². The third-order valence-electron chi connectivity index (χ3n) is 5.12. The normalized spacial score (nSPS) is 20.6. The van der Waals surface area contributed by atoms with E-state index in [1.807, 2.05) is 12.1 Å². The Kier molecular flexibility index (Phi) is 9.58. The summed E-state index contributed by atoms with van der Waals surface area (Å²) in [6, 6.07) is 9.18. The number of aliphatic imine (C=N–C) groups is 1. The highest BCUT2D eigenvalue weighted by Crippen LogP contribution is 2.19. The van der Waals surface area contributed by atoms with Gasteiger partial charge in [-0.25, -0.2) is 4.99 Å². The summed E-state index contributed by atoms with van der Waals surface area (Å²) in [5.41, 5.74) is 1.14. The van der Waals surface area contributed by atoms with Gasteiger partial charge in [-0.15, -0.1) is 0 Å². The monoisotopic (exact) mass is 390 g/mol. The van der Waals surface area contributed by atoms with E-state index in [1.54, 1.807) is 7.11 Å². The van der Waals surface area contributed by atoms with Crippen molar-refractivity contribution in [2.24, 2.45) is 10.9 Å². The van der Waals surface area contributed by atoms with Gasteiger partial charge in [0.15, 0.2) is 5.96 Å². The van der Waals surface area contributed by atoms with Crippen LogP contribution in [0.2, 0.25) is 0 Å². The second kappa shape index (κ2) is 11.9. The standard InChI is InChI=1S/C22H38N4O2/c1-6-23-22(25-21-16-26(17(2)3)15-18(21)4)24-14-19-9-7-10-20(13-19)28-12-8-11-27-5/h7,9-10,13,17-18,21H,6,8,11-12,14-16H2,1-5H3,(H2,23,24,25). The summed E-state index contributed by atoms with van der Waals surface area (Å²) in [5.74, 6) is 2.38. The molecule has 1 aromatic carbocycles. The summed E-state index contributed by atoms with van der Waals surface area (Å²) in [4.78, 5) is 7.33. The van der Waals surface area contributed by atoms with Crippen molar-refractivity contribution in [3.63, 3.8) is 0 Å². The molecule has 158 valence electrons. The van der Waals surface area contributed by atoms with Crippen LogP contribution in [0, 0.1) is 5.92 Å². The van der Waals surface area contributed by atoms with Gasteiger partial charge in [-0.3, -0.25) is 4.90 Å². The molecule has 0 saturated carbocycles. The largest absolute Gasteiger partial charge is 0.493 e. The molecule has 0 spiro atoms.